The second-order valence-electron chi connectivity index (χ2n) is 7.35. The Morgan fingerprint density at radius 3 is 2.59 bits per heavy atom. The second-order valence-corrected chi connectivity index (χ2v) is 7.76. The zero-order chi connectivity index (χ0) is 21.3. The highest BCUT2D eigenvalue weighted by Gasteiger charge is 2.25. The van der Waals surface area contributed by atoms with Gasteiger partial charge in [-0.05, 0) is 57.9 Å². The maximum atomic E-state index is 12.7. The van der Waals surface area contributed by atoms with Gasteiger partial charge >= 0.3 is 5.97 Å². The number of anilines is 2. The van der Waals surface area contributed by atoms with E-state index in [1.165, 1.54) is 0 Å². The number of nitrogens with one attached hydrogen (secondary N) is 2. The molecule has 0 bridgehead atoms. The van der Waals surface area contributed by atoms with Gasteiger partial charge in [-0.25, -0.2) is 4.79 Å². The molecule has 2 amide bonds. The fraction of sp³-hybridized carbons (Fsp3) is 0.381. The van der Waals surface area contributed by atoms with Crippen molar-refractivity contribution in [1.29, 1.82) is 0 Å². The van der Waals surface area contributed by atoms with Crippen LogP contribution in [0.5, 0.6) is 0 Å². The van der Waals surface area contributed by atoms with E-state index in [-0.39, 0.29) is 17.7 Å². The van der Waals surface area contributed by atoms with Crippen LogP contribution in [0.4, 0.5) is 11.4 Å². The molecule has 2 N–H and O–H groups in total. The first-order valence-electron chi connectivity index (χ1n) is 9.50. The van der Waals surface area contributed by atoms with Crippen LogP contribution in [0.1, 0.15) is 58.8 Å². The number of aromatic amines is 1. The average Bonchev–Trinajstić information content (AvgIpc) is 3.17. The number of benzene rings is 1. The molecular formula is C21H24ClN3O4. The molecule has 1 saturated heterocycles. The van der Waals surface area contributed by atoms with Gasteiger partial charge in [-0.3, -0.25) is 9.59 Å². The fourth-order valence-electron chi connectivity index (χ4n) is 3.46. The Bertz CT molecular complexity index is 981. The topological polar surface area (TPSA) is 91.5 Å². The van der Waals surface area contributed by atoms with E-state index < -0.39 is 11.9 Å². The number of hydrogen-bond acceptors (Lipinski definition) is 4. The number of ether oxygens (including phenoxy) is 1. The molecule has 0 spiro atoms. The molecule has 0 unspecified atom stereocenters. The van der Waals surface area contributed by atoms with Crippen LogP contribution in [0.25, 0.3) is 0 Å². The highest BCUT2D eigenvalue weighted by molar-refractivity contribution is 6.34. The number of esters is 1. The number of H-pyrrole nitrogens is 1. The van der Waals surface area contributed by atoms with E-state index in [0.29, 0.717) is 46.2 Å². The van der Waals surface area contributed by atoms with E-state index in [0.717, 1.165) is 6.42 Å². The number of hydrogen-bond donors (Lipinski definition) is 2. The Morgan fingerprint density at radius 1 is 1.28 bits per heavy atom. The summed E-state index contributed by atoms with van der Waals surface area (Å²) in [4.78, 5) is 41.6. The number of amides is 2. The van der Waals surface area contributed by atoms with E-state index in [1.807, 2.05) is 0 Å². The summed E-state index contributed by atoms with van der Waals surface area (Å²) in [5.41, 5.74) is 2.87. The van der Waals surface area contributed by atoms with Crippen molar-refractivity contribution < 1.29 is 19.1 Å². The van der Waals surface area contributed by atoms with Crippen molar-refractivity contribution in [2.24, 2.45) is 0 Å². The lowest BCUT2D eigenvalue weighted by molar-refractivity contribution is -0.117. The number of carbonyl (C=O) groups excluding carboxylic acids is 3. The van der Waals surface area contributed by atoms with Crippen LogP contribution in [0.2, 0.25) is 5.02 Å². The maximum absolute atomic E-state index is 12.7. The van der Waals surface area contributed by atoms with Crippen molar-refractivity contribution >= 4 is 40.8 Å². The van der Waals surface area contributed by atoms with Crippen molar-refractivity contribution in [3.8, 4) is 0 Å². The number of nitrogens with zero attached hydrogens (tertiary/aromatic N) is 1. The van der Waals surface area contributed by atoms with Gasteiger partial charge in [0.25, 0.3) is 5.91 Å². The standard InChI is InChI=1S/C21H24ClN3O4/c1-11(2)29-21(28)18-12(3)19(23-13(18)4)20(27)24-14-7-8-16(15(22)10-14)25-9-5-6-17(25)26/h7-8,10-11,23H,5-6,9H2,1-4H3,(H,24,27). The Labute approximate surface area is 174 Å². The van der Waals surface area contributed by atoms with Gasteiger partial charge in [-0.15, -0.1) is 0 Å². The molecule has 0 atom stereocenters. The molecule has 0 radical (unpaired) electrons. The van der Waals surface area contributed by atoms with Gasteiger partial charge < -0.3 is 19.9 Å². The SMILES string of the molecule is Cc1[nH]c(C(=O)Nc2ccc(N3CCCC3=O)c(Cl)c2)c(C)c1C(=O)OC(C)C. The van der Waals surface area contributed by atoms with Crippen LogP contribution in [0.3, 0.4) is 0 Å². The molecule has 1 aliphatic rings. The smallest absolute Gasteiger partial charge is 0.340 e. The second kappa shape index (κ2) is 8.29. The molecule has 29 heavy (non-hydrogen) atoms. The molecule has 8 heteroatoms. The van der Waals surface area contributed by atoms with Crippen LogP contribution in [0, 0.1) is 13.8 Å². The summed E-state index contributed by atoms with van der Waals surface area (Å²) >= 11 is 6.34. The van der Waals surface area contributed by atoms with Gasteiger partial charge in [0.05, 0.1) is 22.4 Å². The van der Waals surface area contributed by atoms with Gasteiger partial charge in [0.2, 0.25) is 5.91 Å². The minimum absolute atomic E-state index is 0.0435. The Balaban J connectivity index is 1.79. The van der Waals surface area contributed by atoms with Crippen LogP contribution in [-0.4, -0.2) is 35.4 Å². The molecule has 2 aromatic rings. The van der Waals surface area contributed by atoms with Gasteiger partial charge in [-0.1, -0.05) is 11.6 Å². The molecule has 1 aliphatic heterocycles. The number of halogens is 1. The van der Waals surface area contributed by atoms with Crippen LogP contribution in [0.15, 0.2) is 18.2 Å². The lowest BCUT2D eigenvalue weighted by Crippen LogP contribution is -2.24. The Morgan fingerprint density at radius 2 is 2.00 bits per heavy atom. The quantitative estimate of drug-likeness (QED) is 0.712. The lowest BCUT2D eigenvalue weighted by Gasteiger charge is -2.18. The summed E-state index contributed by atoms with van der Waals surface area (Å²) in [6.45, 7) is 7.60. The minimum atomic E-state index is -0.465. The third kappa shape index (κ3) is 4.29. The van der Waals surface area contributed by atoms with E-state index in [4.69, 9.17) is 16.3 Å². The van der Waals surface area contributed by atoms with Gasteiger partial charge in [0.15, 0.2) is 0 Å². The number of carbonyl (C=O) groups is 3. The molecule has 3 rings (SSSR count). The summed E-state index contributed by atoms with van der Waals surface area (Å²) in [5, 5.41) is 3.17. The van der Waals surface area contributed by atoms with E-state index >= 15 is 0 Å². The van der Waals surface area contributed by atoms with Crippen LogP contribution < -0.4 is 10.2 Å². The highest BCUT2D eigenvalue weighted by atomic mass is 35.5. The monoisotopic (exact) mass is 417 g/mol. The molecule has 0 aliphatic carbocycles. The zero-order valence-corrected chi connectivity index (χ0v) is 17.6. The Kier molecular flexibility index (Phi) is 5.98. The van der Waals surface area contributed by atoms with Gasteiger partial charge in [0, 0.05) is 24.3 Å². The molecule has 7 nitrogen and oxygen atoms in total. The summed E-state index contributed by atoms with van der Waals surface area (Å²) < 4.78 is 5.26. The van der Waals surface area contributed by atoms with Gasteiger partial charge in [0.1, 0.15) is 5.69 Å². The first kappa shape index (κ1) is 20.9. The summed E-state index contributed by atoms with van der Waals surface area (Å²) in [5.74, 6) is -0.815. The average molecular weight is 418 g/mol. The summed E-state index contributed by atoms with van der Waals surface area (Å²) in [6.07, 6.45) is 1.07. The molecule has 1 aromatic carbocycles. The van der Waals surface area contributed by atoms with E-state index in [1.54, 1.807) is 50.8 Å². The highest BCUT2D eigenvalue weighted by Crippen LogP contribution is 2.32. The number of aromatic nitrogens is 1. The summed E-state index contributed by atoms with van der Waals surface area (Å²) in [7, 11) is 0. The molecule has 1 aromatic heterocycles. The Hall–Kier alpha value is -2.80. The fourth-order valence-corrected chi connectivity index (χ4v) is 3.74. The molecule has 0 saturated carbocycles. The third-order valence-corrected chi connectivity index (χ3v) is 5.08. The van der Waals surface area contributed by atoms with E-state index in [9.17, 15) is 14.4 Å². The van der Waals surface area contributed by atoms with Crippen molar-refractivity contribution in [1.82, 2.24) is 4.98 Å². The number of rotatable bonds is 5. The maximum Gasteiger partial charge on any atom is 0.340 e. The molecule has 154 valence electrons. The first-order chi connectivity index (χ1) is 13.7. The van der Waals surface area contributed by atoms with Crippen molar-refractivity contribution in [3.63, 3.8) is 0 Å². The zero-order valence-electron chi connectivity index (χ0n) is 16.9. The predicted molar refractivity (Wildman–Crippen MR) is 112 cm³/mol. The van der Waals surface area contributed by atoms with Crippen molar-refractivity contribution in [3.05, 3.63) is 45.7 Å². The van der Waals surface area contributed by atoms with Crippen molar-refractivity contribution in [2.45, 2.75) is 46.6 Å². The number of aryl methyl sites for hydroxylation is 1. The predicted octanol–water partition coefficient (Wildman–Crippen LogP) is 4.23. The third-order valence-electron chi connectivity index (χ3n) is 4.78. The first-order valence-corrected chi connectivity index (χ1v) is 9.88. The van der Waals surface area contributed by atoms with Crippen LogP contribution in [-0.2, 0) is 9.53 Å². The van der Waals surface area contributed by atoms with Crippen molar-refractivity contribution in [2.75, 3.05) is 16.8 Å². The minimum Gasteiger partial charge on any atom is -0.459 e. The molecule has 1 fully saturated rings. The van der Waals surface area contributed by atoms with E-state index in [2.05, 4.69) is 10.3 Å². The van der Waals surface area contributed by atoms with Gasteiger partial charge in [-0.2, -0.15) is 0 Å². The molecular weight excluding hydrogens is 394 g/mol. The van der Waals surface area contributed by atoms with Crippen LogP contribution >= 0.6 is 11.6 Å². The normalized spacial score (nSPS) is 13.9. The molecule has 2 heterocycles. The largest absolute Gasteiger partial charge is 0.459 e. The lowest BCUT2D eigenvalue weighted by atomic mass is 10.1. The summed E-state index contributed by atoms with van der Waals surface area (Å²) in [6, 6.07) is 5.03.